The maximum atomic E-state index is 9.77. The molecule has 2 aromatic rings. The number of aromatic nitrogens is 1. The monoisotopic (exact) mass is 199 g/mol. The molecule has 1 aromatic heterocycles. The molecule has 76 valence electrons. The Morgan fingerprint density at radius 2 is 2.20 bits per heavy atom. The quantitative estimate of drug-likeness (QED) is 0.771. The number of hydrogen-bond acceptors (Lipinski definition) is 2. The molecule has 0 bridgehead atoms. The molecule has 2 heteroatoms. The molecule has 0 aliphatic carbocycles. The molecule has 0 fully saturated rings. The summed E-state index contributed by atoms with van der Waals surface area (Å²) in [5.41, 5.74) is 1.79. The second-order valence-electron chi connectivity index (χ2n) is 3.50. The van der Waals surface area contributed by atoms with Crippen molar-refractivity contribution >= 4 is 10.9 Å². The van der Waals surface area contributed by atoms with Crippen molar-refractivity contribution in [2.45, 2.75) is 12.5 Å². The van der Waals surface area contributed by atoms with Crippen molar-refractivity contribution in [2.75, 3.05) is 0 Å². The molecule has 0 saturated carbocycles. The molecule has 0 aliphatic heterocycles. The number of hydrogen-bond donors (Lipinski definition) is 1. The van der Waals surface area contributed by atoms with Crippen LogP contribution in [-0.2, 0) is 0 Å². The van der Waals surface area contributed by atoms with Crippen LogP contribution in [0.4, 0.5) is 0 Å². The summed E-state index contributed by atoms with van der Waals surface area (Å²) in [6.45, 7) is 3.61. The molecule has 0 saturated heterocycles. The van der Waals surface area contributed by atoms with E-state index in [0.29, 0.717) is 6.42 Å². The summed E-state index contributed by atoms with van der Waals surface area (Å²) in [4.78, 5) is 4.29. The van der Waals surface area contributed by atoms with Crippen LogP contribution in [0.25, 0.3) is 10.9 Å². The molecule has 15 heavy (non-hydrogen) atoms. The Labute approximate surface area is 88.9 Å². The topological polar surface area (TPSA) is 33.1 Å². The zero-order valence-corrected chi connectivity index (χ0v) is 8.43. The van der Waals surface area contributed by atoms with Gasteiger partial charge in [-0.3, -0.25) is 4.98 Å². The van der Waals surface area contributed by atoms with Crippen LogP contribution in [0, 0.1) is 0 Å². The molecule has 1 aromatic carbocycles. The Hall–Kier alpha value is -1.67. The predicted molar refractivity (Wildman–Crippen MR) is 61.5 cm³/mol. The van der Waals surface area contributed by atoms with Gasteiger partial charge in [-0.1, -0.05) is 24.3 Å². The van der Waals surface area contributed by atoms with Crippen LogP contribution in [0.15, 0.2) is 49.2 Å². The number of benzene rings is 1. The van der Waals surface area contributed by atoms with E-state index in [0.717, 1.165) is 16.5 Å². The highest BCUT2D eigenvalue weighted by Crippen LogP contribution is 2.20. The van der Waals surface area contributed by atoms with Crippen LogP contribution < -0.4 is 0 Å². The molecule has 0 aliphatic rings. The van der Waals surface area contributed by atoms with Gasteiger partial charge in [0.15, 0.2) is 0 Å². The van der Waals surface area contributed by atoms with Gasteiger partial charge in [0, 0.05) is 11.6 Å². The summed E-state index contributed by atoms with van der Waals surface area (Å²) in [6, 6.07) is 9.84. The van der Waals surface area contributed by atoms with Gasteiger partial charge in [0.2, 0.25) is 0 Å². The van der Waals surface area contributed by atoms with E-state index in [2.05, 4.69) is 11.6 Å². The number of rotatable bonds is 3. The third-order valence-corrected chi connectivity index (χ3v) is 2.39. The molecule has 1 unspecified atom stereocenters. The lowest BCUT2D eigenvalue weighted by molar-refractivity contribution is 0.181. The Morgan fingerprint density at radius 3 is 3.00 bits per heavy atom. The number of aliphatic hydroxyl groups is 1. The van der Waals surface area contributed by atoms with Crippen LogP contribution in [0.1, 0.15) is 18.1 Å². The van der Waals surface area contributed by atoms with Crippen molar-refractivity contribution < 1.29 is 5.11 Å². The second kappa shape index (κ2) is 4.24. The summed E-state index contributed by atoms with van der Waals surface area (Å²) in [5.74, 6) is 0. The summed E-state index contributed by atoms with van der Waals surface area (Å²) in [6.07, 6.45) is 3.48. The first-order chi connectivity index (χ1) is 7.31. The largest absolute Gasteiger partial charge is 0.388 e. The average molecular weight is 199 g/mol. The van der Waals surface area contributed by atoms with E-state index in [4.69, 9.17) is 0 Å². The van der Waals surface area contributed by atoms with Crippen molar-refractivity contribution in [3.8, 4) is 0 Å². The van der Waals surface area contributed by atoms with E-state index in [9.17, 15) is 5.11 Å². The molecule has 1 N–H and O–H groups in total. The SMILES string of the molecule is C=CCC(O)c1cnc2ccccc2c1. The summed E-state index contributed by atoms with van der Waals surface area (Å²) >= 11 is 0. The van der Waals surface area contributed by atoms with Crippen molar-refractivity contribution in [1.82, 2.24) is 4.98 Å². The third-order valence-electron chi connectivity index (χ3n) is 2.39. The van der Waals surface area contributed by atoms with E-state index in [1.807, 2.05) is 30.3 Å². The minimum Gasteiger partial charge on any atom is -0.388 e. The lowest BCUT2D eigenvalue weighted by atomic mass is 10.1. The van der Waals surface area contributed by atoms with E-state index >= 15 is 0 Å². The average Bonchev–Trinajstić information content (AvgIpc) is 2.29. The Bertz CT molecular complexity index is 479. The van der Waals surface area contributed by atoms with Crippen LogP contribution in [-0.4, -0.2) is 10.1 Å². The van der Waals surface area contributed by atoms with Crippen molar-refractivity contribution in [2.24, 2.45) is 0 Å². The lowest BCUT2D eigenvalue weighted by Gasteiger charge is -2.08. The van der Waals surface area contributed by atoms with Gasteiger partial charge in [-0.05, 0) is 24.1 Å². The first kappa shape index (κ1) is 9.87. The molecule has 1 heterocycles. The first-order valence-electron chi connectivity index (χ1n) is 4.95. The van der Waals surface area contributed by atoms with Gasteiger partial charge >= 0.3 is 0 Å². The zero-order chi connectivity index (χ0) is 10.7. The van der Waals surface area contributed by atoms with Gasteiger partial charge in [-0.2, -0.15) is 0 Å². The Morgan fingerprint density at radius 1 is 1.40 bits per heavy atom. The lowest BCUT2D eigenvalue weighted by Crippen LogP contribution is -1.96. The number of aliphatic hydroxyl groups excluding tert-OH is 1. The highest BCUT2D eigenvalue weighted by molar-refractivity contribution is 5.78. The zero-order valence-electron chi connectivity index (χ0n) is 8.43. The number of pyridine rings is 1. The third kappa shape index (κ3) is 2.05. The van der Waals surface area contributed by atoms with E-state index in [1.165, 1.54) is 0 Å². The van der Waals surface area contributed by atoms with Crippen molar-refractivity contribution in [3.05, 3.63) is 54.7 Å². The highest BCUT2D eigenvalue weighted by atomic mass is 16.3. The van der Waals surface area contributed by atoms with Crippen LogP contribution in [0.3, 0.4) is 0 Å². The maximum absolute atomic E-state index is 9.77. The summed E-state index contributed by atoms with van der Waals surface area (Å²) < 4.78 is 0. The minimum absolute atomic E-state index is 0.500. The fourth-order valence-electron chi connectivity index (χ4n) is 1.56. The van der Waals surface area contributed by atoms with Crippen LogP contribution in [0.5, 0.6) is 0 Å². The van der Waals surface area contributed by atoms with Gasteiger partial charge in [0.25, 0.3) is 0 Å². The molecule has 0 amide bonds. The summed E-state index contributed by atoms with van der Waals surface area (Å²) in [7, 11) is 0. The van der Waals surface area contributed by atoms with Gasteiger partial charge in [-0.25, -0.2) is 0 Å². The van der Waals surface area contributed by atoms with Crippen molar-refractivity contribution in [1.29, 1.82) is 0 Å². The fraction of sp³-hybridized carbons (Fsp3) is 0.154. The maximum Gasteiger partial charge on any atom is 0.0839 e. The highest BCUT2D eigenvalue weighted by Gasteiger charge is 2.06. The van der Waals surface area contributed by atoms with Crippen molar-refractivity contribution in [3.63, 3.8) is 0 Å². The Balaban J connectivity index is 2.42. The molecule has 0 spiro atoms. The predicted octanol–water partition coefficient (Wildman–Crippen LogP) is 2.84. The minimum atomic E-state index is -0.500. The first-order valence-corrected chi connectivity index (χ1v) is 4.95. The fourth-order valence-corrected chi connectivity index (χ4v) is 1.56. The van der Waals surface area contributed by atoms with E-state index in [1.54, 1.807) is 12.3 Å². The van der Waals surface area contributed by atoms with Gasteiger partial charge in [-0.15, -0.1) is 6.58 Å². The molecule has 1 atom stereocenters. The summed E-state index contributed by atoms with van der Waals surface area (Å²) in [5, 5.41) is 10.8. The van der Waals surface area contributed by atoms with Gasteiger partial charge in [0.05, 0.1) is 11.6 Å². The number of fused-ring (bicyclic) bond motifs is 1. The van der Waals surface area contributed by atoms with Gasteiger partial charge in [0.1, 0.15) is 0 Å². The van der Waals surface area contributed by atoms with E-state index in [-0.39, 0.29) is 0 Å². The Kier molecular flexibility index (Phi) is 2.79. The molecule has 0 radical (unpaired) electrons. The number of para-hydroxylation sites is 1. The number of nitrogens with zero attached hydrogens (tertiary/aromatic N) is 1. The standard InChI is InChI=1S/C13H13NO/c1-2-5-13(15)11-8-10-6-3-4-7-12(10)14-9-11/h2-4,6-9,13,15H,1,5H2. The van der Waals surface area contributed by atoms with Crippen LogP contribution in [0.2, 0.25) is 0 Å². The molecule has 2 rings (SSSR count). The normalized spacial score (nSPS) is 12.6. The second-order valence-corrected chi connectivity index (χ2v) is 3.50. The molecule has 2 nitrogen and oxygen atoms in total. The smallest absolute Gasteiger partial charge is 0.0839 e. The van der Waals surface area contributed by atoms with Crippen LogP contribution >= 0.6 is 0 Å². The van der Waals surface area contributed by atoms with E-state index < -0.39 is 6.10 Å². The molecular formula is C13H13NO. The van der Waals surface area contributed by atoms with Gasteiger partial charge < -0.3 is 5.11 Å². The molecular weight excluding hydrogens is 186 g/mol.